The van der Waals surface area contributed by atoms with Gasteiger partial charge in [0, 0.05) is 29.3 Å². The van der Waals surface area contributed by atoms with Crippen molar-refractivity contribution in [1.82, 2.24) is 4.98 Å². The minimum Gasteiger partial charge on any atom is -0.482 e. The standard InChI is InChI=1S/C22H19N3O4/c1-14-20(29-19-8-3-2-7-18(19)28-14)22(27)25-17-6-4-5-15(13-17)21(26)24-16-9-11-23-12-10-16/h2-14,20H,1H3,(H,25,27)(H,23,24,26). The average Bonchev–Trinajstić information content (AvgIpc) is 2.74. The number of anilines is 2. The fourth-order valence-electron chi connectivity index (χ4n) is 3.00. The molecule has 0 bridgehead atoms. The smallest absolute Gasteiger partial charge is 0.269 e. The maximum atomic E-state index is 12.7. The molecule has 2 amide bonds. The summed E-state index contributed by atoms with van der Waals surface area (Å²) in [5.41, 5.74) is 1.55. The minimum absolute atomic E-state index is 0.285. The maximum Gasteiger partial charge on any atom is 0.269 e. The largest absolute Gasteiger partial charge is 0.482 e. The quantitative estimate of drug-likeness (QED) is 0.713. The van der Waals surface area contributed by atoms with E-state index >= 15 is 0 Å². The highest BCUT2D eigenvalue weighted by molar-refractivity contribution is 6.05. The van der Waals surface area contributed by atoms with Crippen molar-refractivity contribution in [3.05, 3.63) is 78.6 Å². The lowest BCUT2D eigenvalue weighted by Gasteiger charge is -2.31. The molecule has 2 N–H and O–H groups in total. The van der Waals surface area contributed by atoms with Crippen LogP contribution < -0.4 is 20.1 Å². The van der Waals surface area contributed by atoms with Crippen molar-refractivity contribution in [2.75, 3.05) is 10.6 Å². The fourth-order valence-corrected chi connectivity index (χ4v) is 3.00. The second-order valence-corrected chi connectivity index (χ2v) is 6.57. The van der Waals surface area contributed by atoms with Gasteiger partial charge >= 0.3 is 0 Å². The number of ether oxygens (including phenoxy) is 2. The molecule has 146 valence electrons. The number of hydrogen-bond donors (Lipinski definition) is 2. The molecule has 0 radical (unpaired) electrons. The number of carbonyl (C=O) groups is 2. The van der Waals surface area contributed by atoms with E-state index in [1.165, 1.54) is 0 Å². The molecule has 1 aromatic heterocycles. The van der Waals surface area contributed by atoms with Gasteiger partial charge in [0.1, 0.15) is 6.10 Å². The Bertz CT molecular complexity index is 1040. The van der Waals surface area contributed by atoms with Gasteiger partial charge in [0.2, 0.25) is 6.10 Å². The van der Waals surface area contributed by atoms with Crippen LogP contribution in [-0.2, 0) is 4.79 Å². The molecule has 2 heterocycles. The van der Waals surface area contributed by atoms with Crippen LogP contribution in [0.2, 0.25) is 0 Å². The van der Waals surface area contributed by atoms with E-state index in [0.29, 0.717) is 28.4 Å². The molecule has 2 aromatic carbocycles. The van der Waals surface area contributed by atoms with E-state index in [1.54, 1.807) is 67.8 Å². The number of fused-ring (bicyclic) bond motifs is 1. The molecule has 0 spiro atoms. The van der Waals surface area contributed by atoms with Crippen LogP contribution >= 0.6 is 0 Å². The van der Waals surface area contributed by atoms with Crippen molar-refractivity contribution in [2.45, 2.75) is 19.1 Å². The highest BCUT2D eigenvalue weighted by atomic mass is 16.6. The van der Waals surface area contributed by atoms with E-state index in [9.17, 15) is 9.59 Å². The Labute approximate surface area is 167 Å². The Morgan fingerprint density at radius 2 is 1.59 bits per heavy atom. The van der Waals surface area contributed by atoms with E-state index in [1.807, 2.05) is 12.1 Å². The van der Waals surface area contributed by atoms with Crippen LogP contribution in [0.25, 0.3) is 0 Å². The molecule has 0 aliphatic carbocycles. The summed E-state index contributed by atoms with van der Waals surface area (Å²) in [6.45, 7) is 1.78. The third-order valence-electron chi connectivity index (χ3n) is 4.43. The van der Waals surface area contributed by atoms with Crippen molar-refractivity contribution < 1.29 is 19.1 Å². The predicted molar refractivity (Wildman–Crippen MR) is 108 cm³/mol. The number of rotatable bonds is 4. The fraction of sp³-hybridized carbons (Fsp3) is 0.136. The van der Waals surface area contributed by atoms with E-state index in [4.69, 9.17) is 9.47 Å². The van der Waals surface area contributed by atoms with Crippen molar-refractivity contribution in [3.8, 4) is 11.5 Å². The Kier molecular flexibility index (Phi) is 5.11. The lowest BCUT2D eigenvalue weighted by Crippen LogP contribution is -2.46. The molecule has 4 rings (SSSR count). The zero-order chi connectivity index (χ0) is 20.2. The molecule has 2 unspecified atom stereocenters. The summed E-state index contributed by atoms with van der Waals surface area (Å²) in [5, 5.41) is 5.58. The third-order valence-corrected chi connectivity index (χ3v) is 4.43. The molecular formula is C22H19N3O4. The Morgan fingerprint density at radius 3 is 2.34 bits per heavy atom. The van der Waals surface area contributed by atoms with Crippen molar-refractivity contribution >= 4 is 23.2 Å². The van der Waals surface area contributed by atoms with E-state index in [2.05, 4.69) is 15.6 Å². The first-order chi connectivity index (χ1) is 14.1. The summed E-state index contributed by atoms with van der Waals surface area (Å²) < 4.78 is 11.6. The summed E-state index contributed by atoms with van der Waals surface area (Å²) in [7, 11) is 0. The first kappa shape index (κ1) is 18.5. The second kappa shape index (κ2) is 8.02. The number of nitrogens with one attached hydrogen (secondary N) is 2. The van der Waals surface area contributed by atoms with Crippen LogP contribution in [-0.4, -0.2) is 29.0 Å². The predicted octanol–water partition coefficient (Wildman–Crippen LogP) is 3.50. The minimum atomic E-state index is -0.806. The van der Waals surface area contributed by atoms with Crippen LogP contribution in [0.5, 0.6) is 11.5 Å². The number of para-hydroxylation sites is 2. The first-order valence-corrected chi connectivity index (χ1v) is 9.15. The molecular weight excluding hydrogens is 370 g/mol. The molecule has 3 aromatic rings. The summed E-state index contributed by atoms with van der Waals surface area (Å²) in [6.07, 6.45) is 1.93. The molecule has 0 saturated carbocycles. The van der Waals surface area contributed by atoms with Gasteiger partial charge in [-0.2, -0.15) is 0 Å². The highest BCUT2D eigenvalue weighted by Crippen LogP contribution is 2.33. The molecule has 1 aliphatic heterocycles. The zero-order valence-corrected chi connectivity index (χ0v) is 15.7. The van der Waals surface area contributed by atoms with E-state index in [0.717, 1.165) is 0 Å². The van der Waals surface area contributed by atoms with Crippen LogP contribution in [0.4, 0.5) is 11.4 Å². The van der Waals surface area contributed by atoms with Crippen LogP contribution in [0, 0.1) is 0 Å². The molecule has 0 fully saturated rings. The lowest BCUT2D eigenvalue weighted by molar-refractivity contribution is -0.128. The molecule has 0 saturated heterocycles. The third kappa shape index (κ3) is 4.19. The summed E-state index contributed by atoms with van der Waals surface area (Å²) in [6, 6.07) is 17.3. The number of carbonyl (C=O) groups excluding carboxylic acids is 2. The summed E-state index contributed by atoms with van der Waals surface area (Å²) in [5.74, 6) is 0.501. The number of pyridine rings is 1. The van der Waals surface area contributed by atoms with Gasteiger partial charge in [0.25, 0.3) is 11.8 Å². The van der Waals surface area contributed by atoms with E-state index in [-0.39, 0.29) is 11.8 Å². The van der Waals surface area contributed by atoms with Crippen molar-refractivity contribution in [3.63, 3.8) is 0 Å². The van der Waals surface area contributed by atoms with Crippen molar-refractivity contribution in [1.29, 1.82) is 0 Å². The van der Waals surface area contributed by atoms with Gasteiger partial charge < -0.3 is 20.1 Å². The van der Waals surface area contributed by atoms with Gasteiger partial charge in [-0.15, -0.1) is 0 Å². The van der Waals surface area contributed by atoms with Crippen LogP contribution in [0.1, 0.15) is 17.3 Å². The Hall–Kier alpha value is -3.87. The topological polar surface area (TPSA) is 89.5 Å². The van der Waals surface area contributed by atoms with Crippen LogP contribution in [0.3, 0.4) is 0 Å². The normalized spacial score (nSPS) is 17.3. The van der Waals surface area contributed by atoms with Gasteiger partial charge in [-0.3, -0.25) is 14.6 Å². The number of benzene rings is 2. The molecule has 7 heteroatoms. The zero-order valence-electron chi connectivity index (χ0n) is 15.7. The number of aromatic nitrogens is 1. The SMILES string of the molecule is CC1Oc2ccccc2OC1C(=O)Nc1cccc(C(=O)Nc2ccncc2)c1. The van der Waals surface area contributed by atoms with Crippen LogP contribution in [0.15, 0.2) is 73.1 Å². The van der Waals surface area contributed by atoms with Gasteiger partial charge in [0.05, 0.1) is 0 Å². The Morgan fingerprint density at radius 1 is 0.862 bits per heavy atom. The van der Waals surface area contributed by atoms with E-state index < -0.39 is 12.2 Å². The first-order valence-electron chi connectivity index (χ1n) is 9.15. The molecule has 1 aliphatic rings. The molecule has 29 heavy (non-hydrogen) atoms. The van der Waals surface area contributed by atoms with Gasteiger partial charge in [-0.05, 0) is 49.4 Å². The van der Waals surface area contributed by atoms with Gasteiger partial charge in [-0.25, -0.2) is 0 Å². The number of hydrogen-bond acceptors (Lipinski definition) is 5. The van der Waals surface area contributed by atoms with Crippen molar-refractivity contribution in [2.24, 2.45) is 0 Å². The second-order valence-electron chi connectivity index (χ2n) is 6.57. The summed E-state index contributed by atoms with van der Waals surface area (Å²) >= 11 is 0. The lowest BCUT2D eigenvalue weighted by atomic mass is 10.1. The average molecular weight is 389 g/mol. The maximum absolute atomic E-state index is 12.7. The Balaban J connectivity index is 1.45. The number of nitrogens with zero attached hydrogens (tertiary/aromatic N) is 1. The molecule has 2 atom stereocenters. The highest BCUT2D eigenvalue weighted by Gasteiger charge is 2.34. The van der Waals surface area contributed by atoms with Gasteiger partial charge in [0.15, 0.2) is 11.5 Å². The molecule has 7 nitrogen and oxygen atoms in total. The summed E-state index contributed by atoms with van der Waals surface area (Å²) in [4.78, 5) is 29.1. The number of amides is 2. The monoisotopic (exact) mass is 389 g/mol. The van der Waals surface area contributed by atoms with Gasteiger partial charge in [-0.1, -0.05) is 18.2 Å².